The maximum absolute atomic E-state index is 8.81. The summed E-state index contributed by atoms with van der Waals surface area (Å²) in [5, 5.41) is 34.4. The van der Waals surface area contributed by atoms with Gasteiger partial charge in [0, 0.05) is 0 Å². The molecule has 78 valence electrons. The van der Waals surface area contributed by atoms with Crippen LogP contribution in [-0.2, 0) is 26.6 Å². The Bertz CT molecular complexity index is 101. The van der Waals surface area contributed by atoms with Crippen molar-refractivity contribution in [2.75, 3.05) is 26.4 Å². The van der Waals surface area contributed by atoms with Crippen LogP contribution in [0, 0.1) is 0 Å². The molecule has 0 aromatic rings. The Hall–Kier alpha value is 0.474. The summed E-state index contributed by atoms with van der Waals surface area (Å²) in [5.74, 6) is 0. The predicted octanol–water partition coefficient (Wildman–Crippen LogP) is -2.36. The predicted molar refractivity (Wildman–Crippen MR) is 38.1 cm³/mol. The summed E-state index contributed by atoms with van der Waals surface area (Å²) in [4.78, 5) is 0. The van der Waals surface area contributed by atoms with Gasteiger partial charge in [-0.15, -0.1) is 0 Å². The van der Waals surface area contributed by atoms with Crippen molar-refractivity contribution in [3.63, 3.8) is 0 Å². The quantitative estimate of drug-likeness (QED) is 0.275. The average Bonchev–Trinajstić information content (AvgIpc) is 2.16. The van der Waals surface area contributed by atoms with Gasteiger partial charge >= 0.3 is 85.6 Å². The molecule has 4 N–H and O–H groups in total. The standard InChI is InChI=1S/2C3H7O3.Ti/c2*4-1-3(6)2-5;/h2*3-4,6H,1-2H2;/q2*-1;+2. The average molecular weight is 230 g/mol. The third-order valence-corrected chi connectivity index (χ3v) is 1.98. The van der Waals surface area contributed by atoms with E-state index in [9.17, 15) is 0 Å². The summed E-state index contributed by atoms with van der Waals surface area (Å²) in [5.41, 5.74) is 0. The summed E-state index contributed by atoms with van der Waals surface area (Å²) < 4.78 is 9.76. The van der Waals surface area contributed by atoms with Gasteiger partial charge in [-0.25, -0.2) is 0 Å². The van der Waals surface area contributed by atoms with E-state index in [0.717, 1.165) is 0 Å². The minimum atomic E-state index is -1.12. The molecule has 6 nitrogen and oxygen atoms in total. The van der Waals surface area contributed by atoms with Gasteiger partial charge in [-0.1, -0.05) is 0 Å². The Morgan fingerprint density at radius 1 is 0.923 bits per heavy atom. The van der Waals surface area contributed by atoms with E-state index in [0.29, 0.717) is 0 Å². The van der Waals surface area contributed by atoms with E-state index in [1.807, 2.05) is 0 Å². The van der Waals surface area contributed by atoms with Gasteiger partial charge in [-0.2, -0.15) is 0 Å². The molecule has 7 heteroatoms. The Morgan fingerprint density at radius 3 is 1.62 bits per heavy atom. The van der Waals surface area contributed by atoms with Gasteiger partial charge in [-0.05, 0) is 0 Å². The molecule has 0 rings (SSSR count). The van der Waals surface area contributed by atoms with Gasteiger partial charge in [0.2, 0.25) is 0 Å². The molecule has 0 aliphatic carbocycles. The first-order valence-corrected chi connectivity index (χ1v) is 5.04. The molecular formula is C6H14O6Ti. The molecule has 0 saturated heterocycles. The van der Waals surface area contributed by atoms with Crippen LogP contribution in [0.5, 0.6) is 0 Å². The molecule has 0 spiro atoms. The van der Waals surface area contributed by atoms with E-state index in [1.165, 1.54) is 0 Å². The van der Waals surface area contributed by atoms with E-state index < -0.39 is 32.1 Å². The zero-order valence-corrected chi connectivity index (χ0v) is 8.65. The number of aliphatic hydroxyl groups excluding tert-OH is 4. The van der Waals surface area contributed by atoms with E-state index in [1.54, 1.807) is 0 Å². The number of hydrogen-bond acceptors (Lipinski definition) is 6. The molecule has 0 aromatic heterocycles. The zero-order valence-electron chi connectivity index (χ0n) is 7.09. The van der Waals surface area contributed by atoms with E-state index in [2.05, 4.69) is 0 Å². The Labute approximate surface area is 86.0 Å². The maximum atomic E-state index is 8.81. The molecule has 0 amide bonds. The first-order chi connectivity index (χ1) is 6.20. The molecule has 0 aliphatic rings. The molecule has 0 heterocycles. The van der Waals surface area contributed by atoms with Gasteiger partial charge in [-0.3, -0.25) is 0 Å². The van der Waals surface area contributed by atoms with Crippen LogP contribution in [0.1, 0.15) is 0 Å². The van der Waals surface area contributed by atoms with Crippen molar-refractivity contribution in [1.82, 2.24) is 0 Å². The minimum absolute atomic E-state index is 0.0335. The van der Waals surface area contributed by atoms with Crippen molar-refractivity contribution >= 4 is 0 Å². The molecular weight excluding hydrogens is 216 g/mol. The van der Waals surface area contributed by atoms with Gasteiger partial charge in [0.15, 0.2) is 0 Å². The second-order valence-electron chi connectivity index (χ2n) is 2.38. The molecule has 0 aliphatic heterocycles. The van der Waals surface area contributed by atoms with E-state index >= 15 is 0 Å². The normalized spacial score (nSPS) is 15.4. The first kappa shape index (κ1) is 13.5. The molecule has 2 unspecified atom stereocenters. The Morgan fingerprint density at radius 2 is 1.31 bits per heavy atom. The topological polar surface area (TPSA) is 99.4 Å². The van der Waals surface area contributed by atoms with Crippen molar-refractivity contribution in [2.24, 2.45) is 0 Å². The SMILES string of the molecule is OCC(O)C[O][Ti][O]CC(O)CO. The number of rotatable bonds is 8. The van der Waals surface area contributed by atoms with Crippen LogP contribution in [0.2, 0.25) is 0 Å². The molecule has 0 saturated carbocycles. The van der Waals surface area contributed by atoms with Gasteiger partial charge in [0.05, 0.1) is 0 Å². The monoisotopic (exact) mass is 230 g/mol. The molecule has 13 heavy (non-hydrogen) atoms. The van der Waals surface area contributed by atoms with Crippen LogP contribution in [0.25, 0.3) is 0 Å². The van der Waals surface area contributed by atoms with Crippen molar-refractivity contribution in [2.45, 2.75) is 12.2 Å². The molecule has 0 radical (unpaired) electrons. The van der Waals surface area contributed by atoms with Gasteiger partial charge in [0.25, 0.3) is 0 Å². The van der Waals surface area contributed by atoms with Crippen molar-refractivity contribution < 1.29 is 47.0 Å². The Balaban J connectivity index is 3.08. The fourth-order valence-electron chi connectivity index (χ4n) is 0.408. The third kappa shape index (κ3) is 8.79. The summed E-state index contributed by atoms with van der Waals surface area (Å²) in [6, 6.07) is 0. The fraction of sp³-hybridized carbons (Fsp3) is 1.00. The fourth-order valence-corrected chi connectivity index (χ4v) is 1.35. The Kier molecular flexibility index (Phi) is 9.38. The van der Waals surface area contributed by atoms with Crippen LogP contribution in [0.4, 0.5) is 0 Å². The zero-order chi connectivity index (χ0) is 10.1. The van der Waals surface area contributed by atoms with Crippen LogP contribution in [-0.4, -0.2) is 59.1 Å². The van der Waals surface area contributed by atoms with Crippen LogP contribution < -0.4 is 0 Å². The first-order valence-electron chi connectivity index (χ1n) is 3.77. The molecule has 0 aromatic carbocycles. The summed E-state index contributed by atoms with van der Waals surface area (Å²) in [7, 11) is 0. The number of hydrogen-bond donors (Lipinski definition) is 4. The van der Waals surface area contributed by atoms with Crippen LogP contribution in [0.15, 0.2) is 0 Å². The van der Waals surface area contributed by atoms with Crippen molar-refractivity contribution in [1.29, 1.82) is 0 Å². The van der Waals surface area contributed by atoms with E-state index in [4.69, 9.17) is 27.1 Å². The molecule has 2 atom stereocenters. The molecule has 0 bridgehead atoms. The summed E-state index contributed by atoms with van der Waals surface area (Å²) in [6.45, 7) is -0.617. The summed E-state index contributed by atoms with van der Waals surface area (Å²) in [6.07, 6.45) is -1.76. The van der Waals surface area contributed by atoms with Crippen LogP contribution in [0.3, 0.4) is 0 Å². The van der Waals surface area contributed by atoms with Crippen molar-refractivity contribution in [3.8, 4) is 0 Å². The van der Waals surface area contributed by atoms with Crippen LogP contribution >= 0.6 is 0 Å². The second kappa shape index (κ2) is 9.05. The molecule has 0 fully saturated rings. The summed E-state index contributed by atoms with van der Waals surface area (Å²) >= 11 is -1.12. The van der Waals surface area contributed by atoms with E-state index in [-0.39, 0.29) is 26.4 Å². The van der Waals surface area contributed by atoms with Gasteiger partial charge < -0.3 is 0 Å². The second-order valence-corrected chi connectivity index (χ2v) is 3.54. The van der Waals surface area contributed by atoms with Crippen molar-refractivity contribution in [3.05, 3.63) is 0 Å². The third-order valence-electron chi connectivity index (χ3n) is 1.09. The van der Waals surface area contributed by atoms with Gasteiger partial charge in [0.1, 0.15) is 0 Å². The number of aliphatic hydroxyl groups is 4.